The molecule has 0 bridgehead atoms. The maximum absolute atomic E-state index is 11.9. The zero-order chi connectivity index (χ0) is 14.9. The van der Waals surface area contributed by atoms with Crippen LogP contribution in [-0.4, -0.2) is 5.91 Å². The van der Waals surface area contributed by atoms with Crippen LogP contribution in [0.2, 0.25) is 0 Å². The van der Waals surface area contributed by atoms with Crippen molar-refractivity contribution in [3.05, 3.63) is 60.4 Å². The number of hydrogen-bond acceptors (Lipinski definition) is 2. The van der Waals surface area contributed by atoms with E-state index in [9.17, 15) is 4.79 Å². The predicted octanol–water partition coefficient (Wildman–Crippen LogP) is 2.65. The summed E-state index contributed by atoms with van der Waals surface area (Å²) in [5.74, 6) is -0.0456. The van der Waals surface area contributed by atoms with Crippen LogP contribution in [0.15, 0.2) is 54.9 Å². The number of benzene rings is 1. The third-order valence-electron chi connectivity index (χ3n) is 3.17. The molecule has 1 N–H and O–H groups in total. The highest BCUT2D eigenvalue weighted by atomic mass is 16.1. The third kappa shape index (κ3) is 4.73. The number of carbonyl (C=O) groups is 1. The van der Waals surface area contributed by atoms with E-state index in [1.54, 1.807) is 18.2 Å². The summed E-state index contributed by atoms with van der Waals surface area (Å²) in [4.78, 5) is 11.9. The molecule has 0 aliphatic rings. The molecule has 2 aromatic rings. The molecule has 4 heteroatoms. The minimum absolute atomic E-state index is 0.0456. The van der Waals surface area contributed by atoms with Crippen molar-refractivity contribution in [1.82, 2.24) is 0 Å². The molecule has 0 radical (unpaired) electrons. The van der Waals surface area contributed by atoms with Gasteiger partial charge in [-0.05, 0) is 18.6 Å². The number of para-hydroxylation sites is 1. The molecular formula is C17H18N3O+. The number of amides is 1. The molecule has 21 heavy (non-hydrogen) atoms. The summed E-state index contributed by atoms with van der Waals surface area (Å²) in [5, 5.41) is 11.8. The van der Waals surface area contributed by atoms with Crippen molar-refractivity contribution < 1.29 is 9.36 Å². The van der Waals surface area contributed by atoms with E-state index in [4.69, 9.17) is 5.26 Å². The first-order valence-electron chi connectivity index (χ1n) is 7.02. The van der Waals surface area contributed by atoms with Gasteiger partial charge >= 0.3 is 0 Å². The van der Waals surface area contributed by atoms with Crippen LogP contribution in [-0.2, 0) is 11.3 Å². The van der Waals surface area contributed by atoms with E-state index in [1.807, 2.05) is 36.7 Å². The van der Waals surface area contributed by atoms with E-state index in [0.717, 1.165) is 19.4 Å². The topological polar surface area (TPSA) is 56.8 Å². The van der Waals surface area contributed by atoms with E-state index in [-0.39, 0.29) is 5.91 Å². The number of carbonyl (C=O) groups excluding carboxylic acids is 1. The molecule has 1 heterocycles. The second-order valence-corrected chi connectivity index (χ2v) is 4.78. The van der Waals surface area contributed by atoms with Crippen molar-refractivity contribution in [2.75, 3.05) is 5.32 Å². The third-order valence-corrected chi connectivity index (χ3v) is 3.17. The fourth-order valence-corrected chi connectivity index (χ4v) is 2.07. The molecule has 1 aromatic carbocycles. The second kappa shape index (κ2) is 7.81. The van der Waals surface area contributed by atoms with E-state index in [0.29, 0.717) is 17.7 Å². The van der Waals surface area contributed by atoms with Gasteiger partial charge in [0.1, 0.15) is 12.6 Å². The highest BCUT2D eigenvalue weighted by Crippen LogP contribution is 2.14. The van der Waals surface area contributed by atoms with Crippen LogP contribution in [0, 0.1) is 11.3 Å². The van der Waals surface area contributed by atoms with Gasteiger partial charge in [-0.25, -0.2) is 4.57 Å². The molecule has 0 aliphatic heterocycles. The fraction of sp³-hybridized carbons (Fsp3) is 0.235. The summed E-state index contributed by atoms with van der Waals surface area (Å²) in [7, 11) is 0. The summed E-state index contributed by atoms with van der Waals surface area (Å²) in [6, 6.07) is 15.1. The van der Waals surface area contributed by atoms with E-state index in [1.165, 1.54) is 0 Å². The van der Waals surface area contributed by atoms with Crippen molar-refractivity contribution in [1.29, 1.82) is 5.26 Å². The average molecular weight is 280 g/mol. The average Bonchev–Trinajstić information content (AvgIpc) is 2.53. The molecule has 2 rings (SSSR count). The molecule has 0 unspecified atom stereocenters. The Hall–Kier alpha value is -2.67. The molecule has 106 valence electrons. The maximum Gasteiger partial charge on any atom is 0.224 e. The van der Waals surface area contributed by atoms with Gasteiger partial charge in [-0.2, -0.15) is 5.26 Å². The lowest BCUT2D eigenvalue weighted by Gasteiger charge is -2.06. The Balaban J connectivity index is 1.74. The Labute approximate surface area is 124 Å². The highest BCUT2D eigenvalue weighted by molar-refractivity contribution is 5.92. The number of unbranched alkanes of at least 4 members (excludes halogenated alkanes) is 1. The van der Waals surface area contributed by atoms with Gasteiger partial charge in [0.2, 0.25) is 5.91 Å². The molecule has 0 saturated heterocycles. The van der Waals surface area contributed by atoms with E-state index >= 15 is 0 Å². The van der Waals surface area contributed by atoms with Gasteiger partial charge < -0.3 is 5.32 Å². The largest absolute Gasteiger partial charge is 0.325 e. The van der Waals surface area contributed by atoms with Gasteiger partial charge in [0.25, 0.3) is 0 Å². The summed E-state index contributed by atoms with van der Waals surface area (Å²) in [6.45, 7) is 0.906. The quantitative estimate of drug-likeness (QED) is 0.653. The number of anilines is 1. The molecule has 0 atom stereocenters. The summed E-state index contributed by atoms with van der Waals surface area (Å²) in [5.41, 5.74) is 1.08. The summed E-state index contributed by atoms with van der Waals surface area (Å²) < 4.78 is 2.10. The minimum Gasteiger partial charge on any atom is -0.325 e. The minimum atomic E-state index is -0.0456. The first-order chi connectivity index (χ1) is 10.3. The Bertz CT molecular complexity index is 632. The van der Waals surface area contributed by atoms with Crippen molar-refractivity contribution in [2.24, 2.45) is 0 Å². The van der Waals surface area contributed by atoms with E-state index < -0.39 is 0 Å². The van der Waals surface area contributed by atoms with Crippen LogP contribution in [0.25, 0.3) is 0 Å². The van der Waals surface area contributed by atoms with Crippen LogP contribution in [0.3, 0.4) is 0 Å². The Morgan fingerprint density at radius 2 is 1.86 bits per heavy atom. The molecule has 1 aromatic heterocycles. The predicted molar refractivity (Wildman–Crippen MR) is 80.3 cm³/mol. The van der Waals surface area contributed by atoms with Crippen LogP contribution >= 0.6 is 0 Å². The van der Waals surface area contributed by atoms with Crippen molar-refractivity contribution in [3.63, 3.8) is 0 Å². The number of aryl methyl sites for hydroxylation is 1. The number of pyridine rings is 1. The first kappa shape index (κ1) is 14.7. The molecule has 0 spiro atoms. The van der Waals surface area contributed by atoms with Crippen LogP contribution in [0.4, 0.5) is 5.69 Å². The lowest BCUT2D eigenvalue weighted by atomic mass is 10.2. The number of nitriles is 1. The Morgan fingerprint density at radius 1 is 1.10 bits per heavy atom. The Morgan fingerprint density at radius 3 is 2.62 bits per heavy atom. The number of hydrogen-bond donors (Lipinski definition) is 1. The second-order valence-electron chi connectivity index (χ2n) is 4.78. The molecule has 0 aliphatic carbocycles. The zero-order valence-corrected chi connectivity index (χ0v) is 11.8. The monoisotopic (exact) mass is 280 g/mol. The number of nitrogens with one attached hydrogen (secondary N) is 1. The fourth-order valence-electron chi connectivity index (χ4n) is 2.07. The lowest BCUT2D eigenvalue weighted by Crippen LogP contribution is -2.32. The van der Waals surface area contributed by atoms with Crippen LogP contribution in [0.1, 0.15) is 24.8 Å². The standard InChI is InChI=1S/C17H17N3O/c18-14-15-8-2-3-9-16(15)19-17(21)10-4-7-13-20-11-5-1-6-12-20/h1-3,5-6,8-9,11-12H,4,7,10,13H2/p+1. The highest BCUT2D eigenvalue weighted by Gasteiger charge is 2.06. The number of rotatable bonds is 6. The maximum atomic E-state index is 11.9. The van der Waals surface area contributed by atoms with Crippen LogP contribution in [0.5, 0.6) is 0 Å². The molecular weight excluding hydrogens is 262 g/mol. The molecule has 4 nitrogen and oxygen atoms in total. The number of aromatic nitrogens is 1. The van der Waals surface area contributed by atoms with Gasteiger partial charge in [-0.15, -0.1) is 0 Å². The van der Waals surface area contributed by atoms with Gasteiger partial charge in [-0.1, -0.05) is 18.2 Å². The Kier molecular flexibility index (Phi) is 5.48. The smallest absolute Gasteiger partial charge is 0.224 e. The first-order valence-corrected chi connectivity index (χ1v) is 7.02. The van der Waals surface area contributed by atoms with E-state index in [2.05, 4.69) is 16.0 Å². The lowest BCUT2D eigenvalue weighted by molar-refractivity contribution is -0.697. The van der Waals surface area contributed by atoms with Gasteiger partial charge in [0, 0.05) is 25.0 Å². The zero-order valence-electron chi connectivity index (χ0n) is 11.8. The summed E-state index contributed by atoms with van der Waals surface area (Å²) >= 11 is 0. The molecule has 1 amide bonds. The van der Waals surface area contributed by atoms with Gasteiger partial charge in [0.15, 0.2) is 12.4 Å². The molecule has 0 fully saturated rings. The summed E-state index contributed by atoms with van der Waals surface area (Å²) in [6.07, 6.45) is 6.27. The SMILES string of the molecule is N#Cc1ccccc1NC(=O)CCCC[n+]1ccccc1. The molecule has 0 saturated carbocycles. The number of nitrogens with zero attached hydrogens (tertiary/aromatic N) is 2. The van der Waals surface area contributed by atoms with Crippen LogP contribution < -0.4 is 9.88 Å². The van der Waals surface area contributed by atoms with Crippen molar-refractivity contribution in [3.8, 4) is 6.07 Å². The van der Waals surface area contributed by atoms with Gasteiger partial charge in [-0.3, -0.25) is 4.79 Å². The van der Waals surface area contributed by atoms with Crippen molar-refractivity contribution >= 4 is 11.6 Å². The normalized spacial score (nSPS) is 9.86. The van der Waals surface area contributed by atoms with Crippen molar-refractivity contribution in [2.45, 2.75) is 25.8 Å². The van der Waals surface area contributed by atoms with Gasteiger partial charge in [0.05, 0.1) is 11.3 Å².